The normalized spacial score (nSPS) is 11.2. The topological polar surface area (TPSA) is 63.2 Å². The van der Waals surface area contributed by atoms with Crippen LogP contribution in [0.5, 0.6) is 0 Å². The van der Waals surface area contributed by atoms with Crippen LogP contribution in [0.4, 0.5) is 10.1 Å². The molecule has 17 heavy (non-hydrogen) atoms. The van der Waals surface area contributed by atoms with E-state index in [0.717, 1.165) is 11.8 Å². The Kier molecular flexibility index (Phi) is 4.22. The van der Waals surface area contributed by atoms with Crippen LogP contribution >= 0.6 is 0 Å². The Morgan fingerprint density at radius 1 is 1.41 bits per heavy atom. The molecule has 0 spiro atoms. The first kappa shape index (κ1) is 13.6. The summed E-state index contributed by atoms with van der Waals surface area (Å²) in [4.78, 5) is 11.4. The summed E-state index contributed by atoms with van der Waals surface area (Å²) in [6.45, 7) is 1.73. The minimum atomic E-state index is -3.16. The van der Waals surface area contributed by atoms with Gasteiger partial charge in [-0.25, -0.2) is 12.8 Å². The molecule has 1 aromatic rings. The maximum atomic E-state index is 12.9. The minimum Gasteiger partial charge on any atom is -0.326 e. The Balaban J connectivity index is 2.65. The van der Waals surface area contributed by atoms with Gasteiger partial charge in [0.15, 0.2) is 0 Å². The number of rotatable bonds is 4. The van der Waals surface area contributed by atoms with Crippen molar-refractivity contribution >= 4 is 21.4 Å². The fraction of sp³-hybridized carbons (Fsp3) is 0.364. The number of amides is 1. The molecule has 0 aliphatic heterocycles. The van der Waals surface area contributed by atoms with Gasteiger partial charge in [-0.1, -0.05) is 6.07 Å². The Morgan fingerprint density at radius 2 is 2.06 bits per heavy atom. The average molecular weight is 259 g/mol. The van der Waals surface area contributed by atoms with E-state index in [-0.39, 0.29) is 12.2 Å². The average Bonchev–Trinajstić information content (AvgIpc) is 2.20. The molecule has 0 saturated heterocycles. The highest BCUT2D eigenvalue weighted by Crippen LogP contribution is 2.16. The van der Waals surface area contributed by atoms with Crippen molar-refractivity contribution in [3.05, 3.63) is 29.6 Å². The molecule has 0 unspecified atom stereocenters. The number of nitrogens with one attached hydrogen (secondary N) is 1. The lowest BCUT2D eigenvalue weighted by molar-refractivity contribution is -0.115. The third kappa shape index (κ3) is 4.95. The molecular formula is C11H14FNO3S. The number of aryl methyl sites for hydroxylation is 1. The standard InChI is InChI=1S/C11H14FNO3S/c1-8-3-4-9(12)7-10(8)13-11(14)5-6-17(2,15)16/h3-4,7H,5-6H2,1-2H3,(H,13,14). The Morgan fingerprint density at radius 3 is 2.65 bits per heavy atom. The van der Waals surface area contributed by atoms with Gasteiger partial charge in [-0.3, -0.25) is 4.79 Å². The molecule has 0 fully saturated rings. The third-order valence-electron chi connectivity index (χ3n) is 2.17. The van der Waals surface area contributed by atoms with Crippen molar-refractivity contribution in [3.8, 4) is 0 Å². The maximum Gasteiger partial charge on any atom is 0.225 e. The molecule has 0 heterocycles. The number of hydrogen-bond acceptors (Lipinski definition) is 3. The molecule has 6 heteroatoms. The zero-order valence-corrected chi connectivity index (χ0v) is 10.5. The number of anilines is 1. The third-order valence-corrected chi connectivity index (χ3v) is 3.12. The second kappa shape index (κ2) is 5.27. The lowest BCUT2D eigenvalue weighted by atomic mass is 10.2. The molecule has 1 aromatic carbocycles. The maximum absolute atomic E-state index is 12.9. The smallest absolute Gasteiger partial charge is 0.225 e. The molecule has 1 rings (SSSR count). The van der Waals surface area contributed by atoms with Crippen LogP contribution in [-0.4, -0.2) is 26.3 Å². The van der Waals surface area contributed by atoms with Gasteiger partial charge >= 0.3 is 0 Å². The highest BCUT2D eigenvalue weighted by molar-refractivity contribution is 7.90. The molecule has 0 atom stereocenters. The number of benzene rings is 1. The molecular weight excluding hydrogens is 245 g/mol. The first-order valence-corrected chi connectivity index (χ1v) is 7.08. The lowest BCUT2D eigenvalue weighted by Crippen LogP contribution is -2.17. The molecule has 1 amide bonds. The van der Waals surface area contributed by atoms with Crippen molar-refractivity contribution < 1.29 is 17.6 Å². The molecule has 4 nitrogen and oxygen atoms in total. The Labute approximate surface area is 99.8 Å². The first-order valence-electron chi connectivity index (χ1n) is 5.01. The minimum absolute atomic E-state index is 0.130. The Bertz CT molecular complexity index is 526. The summed E-state index contributed by atoms with van der Waals surface area (Å²) in [5.41, 5.74) is 1.09. The number of halogens is 1. The van der Waals surface area contributed by atoms with Crippen molar-refractivity contribution in [2.45, 2.75) is 13.3 Å². The highest BCUT2D eigenvalue weighted by Gasteiger charge is 2.09. The van der Waals surface area contributed by atoms with Gasteiger partial charge in [0.1, 0.15) is 15.7 Å². The highest BCUT2D eigenvalue weighted by atomic mass is 32.2. The number of carbonyl (C=O) groups excluding carboxylic acids is 1. The van der Waals surface area contributed by atoms with E-state index >= 15 is 0 Å². The van der Waals surface area contributed by atoms with Crippen molar-refractivity contribution in [1.82, 2.24) is 0 Å². The summed E-state index contributed by atoms with van der Waals surface area (Å²) >= 11 is 0. The van der Waals surface area contributed by atoms with Gasteiger partial charge in [-0.05, 0) is 24.6 Å². The number of hydrogen-bond donors (Lipinski definition) is 1. The molecule has 0 bridgehead atoms. The predicted molar refractivity (Wildman–Crippen MR) is 64.1 cm³/mol. The summed E-state index contributed by atoms with van der Waals surface area (Å²) in [5.74, 6) is -1.11. The zero-order valence-electron chi connectivity index (χ0n) is 9.66. The van der Waals surface area contributed by atoms with Crippen molar-refractivity contribution in [3.63, 3.8) is 0 Å². The van der Waals surface area contributed by atoms with E-state index in [1.165, 1.54) is 12.1 Å². The van der Waals surface area contributed by atoms with Crippen LogP contribution in [0.3, 0.4) is 0 Å². The number of sulfone groups is 1. The molecule has 1 N–H and O–H groups in total. The largest absolute Gasteiger partial charge is 0.326 e. The quantitative estimate of drug-likeness (QED) is 0.891. The van der Waals surface area contributed by atoms with E-state index in [1.807, 2.05) is 0 Å². The van der Waals surface area contributed by atoms with Gasteiger partial charge in [0.25, 0.3) is 0 Å². The van der Waals surface area contributed by atoms with Crippen LogP contribution in [-0.2, 0) is 14.6 Å². The van der Waals surface area contributed by atoms with E-state index in [4.69, 9.17) is 0 Å². The van der Waals surface area contributed by atoms with Gasteiger partial charge in [-0.2, -0.15) is 0 Å². The van der Waals surface area contributed by atoms with Gasteiger partial charge in [-0.15, -0.1) is 0 Å². The molecule has 94 valence electrons. The first-order chi connectivity index (χ1) is 7.78. The van der Waals surface area contributed by atoms with Crippen molar-refractivity contribution in [2.24, 2.45) is 0 Å². The van der Waals surface area contributed by atoms with Crippen LogP contribution in [0.2, 0.25) is 0 Å². The summed E-state index contributed by atoms with van der Waals surface area (Å²) in [7, 11) is -3.16. The summed E-state index contributed by atoms with van der Waals surface area (Å²) in [5, 5.41) is 2.48. The predicted octanol–water partition coefficient (Wildman–Crippen LogP) is 1.51. The molecule has 0 aromatic heterocycles. The second-order valence-corrected chi connectivity index (χ2v) is 6.15. The van der Waals surface area contributed by atoms with Crippen LogP contribution < -0.4 is 5.32 Å². The van der Waals surface area contributed by atoms with Gasteiger partial charge in [0.05, 0.1) is 5.75 Å². The van der Waals surface area contributed by atoms with E-state index < -0.39 is 21.6 Å². The van der Waals surface area contributed by atoms with E-state index in [0.29, 0.717) is 5.69 Å². The van der Waals surface area contributed by atoms with E-state index in [2.05, 4.69) is 5.32 Å². The number of carbonyl (C=O) groups is 1. The summed E-state index contributed by atoms with van der Waals surface area (Å²) in [6.07, 6.45) is 0.933. The fourth-order valence-electron chi connectivity index (χ4n) is 1.22. The monoisotopic (exact) mass is 259 g/mol. The van der Waals surface area contributed by atoms with Crippen LogP contribution in [0.25, 0.3) is 0 Å². The van der Waals surface area contributed by atoms with Gasteiger partial charge in [0.2, 0.25) is 5.91 Å². The SMILES string of the molecule is Cc1ccc(F)cc1NC(=O)CCS(C)(=O)=O. The molecule has 0 radical (unpaired) electrons. The van der Waals surface area contributed by atoms with Crippen molar-refractivity contribution in [2.75, 3.05) is 17.3 Å². The van der Waals surface area contributed by atoms with Gasteiger partial charge < -0.3 is 5.32 Å². The van der Waals surface area contributed by atoms with E-state index in [1.54, 1.807) is 13.0 Å². The fourth-order valence-corrected chi connectivity index (χ4v) is 1.78. The van der Waals surface area contributed by atoms with Crippen molar-refractivity contribution in [1.29, 1.82) is 0 Å². The second-order valence-electron chi connectivity index (χ2n) is 3.89. The molecule has 0 aliphatic carbocycles. The van der Waals surface area contributed by atoms with Gasteiger partial charge in [0, 0.05) is 18.4 Å². The van der Waals surface area contributed by atoms with E-state index in [9.17, 15) is 17.6 Å². The van der Waals surface area contributed by atoms with Crippen LogP contribution in [0.15, 0.2) is 18.2 Å². The summed E-state index contributed by atoms with van der Waals surface area (Å²) in [6, 6.07) is 4.04. The molecule has 0 aliphatic rings. The Hall–Kier alpha value is -1.43. The summed E-state index contributed by atoms with van der Waals surface area (Å²) < 4.78 is 34.7. The van der Waals surface area contributed by atoms with Crippen LogP contribution in [0, 0.1) is 12.7 Å². The lowest BCUT2D eigenvalue weighted by Gasteiger charge is -2.07. The zero-order chi connectivity index (χ0) is 13.1. The molecule has 0 saturated carbocycles. The van der Waals surface area contributed by atoms with Crippen LogP contribution in [0.1, 0.15) is 12.0 Å².